The van der Waals surface area contributed by atoms with Gasteiger partial charge in [-0.05, 0) is 36.6 Å². The summed E-state index contributed by atoms with van der Waals surface area (Å²) in [6.45, 7) is 2.25. The van der Waals surface area contributed by atoms with Gasteiger partial charge in [0.1, 0.15) is 11.6 Å². The first kappa shape index (κ1) is 16.5. The summed E-state index contributed by atoms with van der Waals surface area (Å²) in [5, 5.41) is 3.33. The van der Waals surface area contributed by atoms with E-state index in [0.717, 1.165) is 31.5 Å². The Bertz CT molecular complexity index is 656. The maximum absolute atomic E-state index is 13.2. The highest BCUT2D eigenvalue weighted by atomic mass is 19.1. The number of benzene rings is 1. The Kier molecular flexibility index (Phi) is 5.48. The lowest BCUT2D eigenvalue weighted by molar-refractivity contribution is -0.130. The number of rotatable bonds is 6. The number of hydrogen-bond donors (Lipinski definition) is 1. The molecule has 1 atom stereocenters. The van der Waals surface area contributed by atoms with E-state index in [9.17, 15) is 9.18 Å². The van der Waals surface area contributed by atoms with Gasteiger partial charge in [-0.15, -0.1) is 0 Å². The predicted molar refractivity (Wildman–Crippen MR) is 88.7 cm³/mol. The molecule has 1 saturated heterocycles. The molecule has 6 heteroatoms. The van der Waals surface area contributed by atoms with Crippen molar-refractivity contribution in [2.75, 3.05) is 19.6 Å². The van der Waals surface area contributed by atoms with Gasteiger partial charge in [0.15, 0.2) is 0 Å². The van der Waals surface area contributed by atoms with Crippen molar-refractivity contribution in [3.05, 3.63) is 59.9 Å². The summed E-state index contributed by atoms with van der Waals surface area (Å²) in [5.74, 6) is 0.500. The molecule has 3 rings (SSSR count). The van der Waals surface area contributed by atoms with E-state index < -0.39 is 0 Å². The molecule has 1 aliphatic heterocycles. The minimum atomic E-state index is -0.282. The van der Waals surface area contributed by atoms with Crippen LogP contribution in [0.3, 0.4) is 0 Å². The molecular formula is C18H21FN4O. The number of nitrogens with one attached hydrogen (secondary N) is 1. The Morgan fingerprint density at radius 3 is 2.50 bits per heavy atom. The van der Waals surface area contributed by atoms with E-state index in [1.807, 2.05) is 4.90 Å². The summed E-state index contributed by atoms with van der Waals surface area (Å²) in [6.07, 6.45) is 5.97. The molecular weight excluding hydrogens is 307 g/mol. The van der Waals surface area contributed by atoms with Gasteiger partial charge >= 0.3 is 0 Å². The molecule has 1 amide bonds. The lowest BCUT2D eigenvalue weighted by atomic mass is 10.1. The van der Waals surface area contributed by atoms with Crippen molar-refractivity contribution in [1.82, 2.24) is 20.2 Å². The maximum Gasteiger partial charge on any atom is 0.223 e. The first-order valence-electron chi connectivity index (χ1n) is 8.27. The number of aromatic nitrogens is 2. The van der Waals surface area contributed by atoms with Crippen LogP contribution in [0.5, 0.6) is 0 Å². The Morgan fingerprint density at radius 1 is 1.17 bits per heavy atom. The molecule has 1 aromatic heterocycles. The monoisotopic (exact) mass is 328 g/mol. The van der Waals surface area contributed by atoms with E-state index in [2.05, 4.69) is 15.3 Å². The minimum Gasteiger partial charge on any atom is -0.343 e. The van der Waals surface area contributed by atoms with Crippen LogP contribution in [0.25, 0.3) is 0 Å². The average Bonchev–Trinajstić information content (AvgIpc) is 3.15. The molecule has 24 heavy (non-hydrogen) atoms. The zero-order chi connectivity index (χ0) is 16.8. The Morgan fingerprint density at radius 2 is 1.83 bits per heavy atom. The zero-order valence-electron chi connectivity index (χ0n) is 13.5. The van der Waals surface area contributed by atoms with Crippen molar-refractivity contribution in [2.45, 2.75) is 25.3 Å². The molecule has 5 nitrogen and oxygen atoms in total. The highest BCUT2D eigenvalue weighted by Crippen LogP contribution is 2.19. The quantitative estimate of drug-likeness (QED) is 0.884. The van der Waals surface area contributed by atoms with Crippen molar-refractivity contribution in [3.8, 4) is 0 Å². The summed E-state index contributed by atoms with van der Waals surface area (Å²) in [6, 6.07) is 7.75. The number of nitrogens with zero attached hydrogens (tertiary/aromatic N) is 3. The Labute approximate surface area is 140 Å². The van der Waals surface area contributed by atoms with Crippen LogP contribution < -0.4 is 5.32 Å². The van der Waals surface area contributed by atoms with E-state index in [4.69, 9.17) is 0 Å². The number of likely N-dealkylation sites (tertiary alicyclic amines) is 1. The molecule has 0 bridgehead atoms. The van der Waals surface area contributed by atoms with Crippen molar-refractivity contribution < 1.29 is 9.18 Å². The number of amides is 1. The molecule has 0 spiro atoms. The van der Waals surface area contributed by atoms with Gasteiger partial charge in [0.25, 0.3) is 0 Å². The number of carbonyl (C=O) groups excluding carboxylic acids is 1. The number of halogens is 1. The van der Waals surface area contributed by atoms with Crippen molar-refractivity contribution in [1.29, 1.82) is 0 Å². The molecule has 126 valence electrons. The second-order valence-electron chi connectivity index (χ2n) is 5.88. The minimum absolute atomic E-state index is 0.173. The molecule has 0 radical (unpaired) electrons. The van der Waals surface area contributed by atoms with Crippen molar-refractivity contribution in [3.63, 3.8) is 0 Å². The van der Waals surface area contributed by atoms with Crippen LogP contribution in [0.15, 0.2) is 42.7 Å². The third-order valence-corrected chi connectivity index (χ3v) is 4.19. The van der Waals surface area contributed by atoms with Crippen LogP contribution in [0.2, 0.25) is 0 Å². The molecule has 1 N–H and O–H groups in total. The highest BCUT2D eigenvalue weighted by molar-refractivity contribution is 5.76. The fourth-order valence-electron chi connectivity index (χ4n) is 2.92. The molecule has 1 aromatic carbocycles. The van der Waals surface area contributed by atoms with Gasteiger partial charge in [-0.3, -0.25) is 4.79 Å². The summed E-state index contributed by atoms with van der Waals surface area (Å²) < 4.78 is 13.2. The largest absolute Gasteiger partial charge is 0.343 e. The fourth-order valence-corrected chi connectivity index (χ4v) is 2.92. The van der Waals surface area contributed by atoms with E-state index in [-0.39, 0.29) is 17.8 Å². The van der Waals surface area contributed by atoms with E-state index in [0.29, 0.717) is 18.8 Å². The topological polar surface area (TPSA) is 58.1 Å². The number of hydrogen-bond acceptors (Lipinski definition) is 4. The van der Waals surface area contributed by atoms with Crippen LogP contribution in [0.1, 0.15) is 36.7 Å². The molecule has 0 unspecified atom stereocenters. The molecule has 1 fully saturated rings. The third kappa shape index (κ3) is 4.14. The molecule has 0 aliphatic carbocycles. The fraction of sp³-hybridized carbons (Fsp3) is 0.389. The van der Waals surface area contributed by atoms with Crippen LogP contribution in [-0.4, -0.2) is 40.4 Å². The maximum atomic E-state index is 13.2. The first-order chi connectivity index (χ1) is 11.7. The van der Waals surface area contributed by atoms with Crippen molar-refractivity contribution >= 4 is 5.91 Å². The van der Waals surface area contributed by atoms with Gasteiger partial charge in [0, 0.05) is 38.4 Å². The summed E-state index contributed by atoms with van der Waals surface area (Å²) >= 11 is 0. The van der Waals surface area contributed by atoms with Crippen LogP contribution >= 0.6 is 0 Å². The van der Waals surface area contributed by atoms with Crippen molar-refractivity contribution in [2.24, 2.45) is 0 Å². The average molecular weight is 328 g/mol. The molecule has 2 heterocycles. The van der Waals surface area contributed by atoms with Crippen LogP contribution in [0, 0.1) is 5.82 Å². The zero-order valence-corrected chi connectivity index (χ0v) is 13.5. The predicted octanol–water partition coefficient (Wildman–Crippen LogP) is 2.31. The summed E-state index contributed by atoms with van der Waals surface area (Å²) in [5.41, 5.74) is 0.872. The number of carbonyl (C=O) groups is 1. The first-order valence-corrected chi connectivity index (χ1v) is 8.27. The molecule has 1 aliphatic rings. The Balaban J connectivity index is 1.66. The SMILES string of the molecule is O=C(CCN[C@@H](c1ccc(F)cc1)c1ncccn1)N1CCCC1. The lowest BCUT2D eigenvalue weighted by Gasteiger charge is -2.19. The second kappa shape index (κ2) is 7.97. The summed E-state index contributed by atoms with van der Waals surface area (Å²) in [7, 11) is 0. The molecule has 2 aromatic rings. The Hall–Kier alpha value is -2.34. The van der Waals surface area contributed by atoms with Crippen LogP contribution in [0.4, 0.5) is 4.39 Å². The van der Waals surface area contributed by atoms with Gasteiger partial charge in [-0.2, -0.15) is 0 Å². The van der Waals surface area contributed by atoms with Gasteiger partial charge in [0.2, 0.25) is 5.91 Å². The second-order valence-corrected chi connectivity index (χ2v) is 5.88. The van der Waals surface area contributed by atoms with Gasteiger partial charge in [0.05, 0.1) is 6.04 Å². The van der Waals surface area contributed by atoms with E-state index in [1.54, 1.807) is 30.6 Å². The van der Waals surface area contributed by atoms with Gasteiger partial charge < -0.3 is 10.2 Å². The van der Waals surface area contributed by atoms with E-state index >= 15 is 0 Å². The highest BCUT2D eigenvalue weighted by Gasteiger charge is 2.20. The molecule has 0 saturated carbocycles. The normalized spacial score (nSPS) is 15.5. The third-order valence-electron chi connectivity index (χ3n) is 4.19. The summed E-state index contributed by atoms with van der Waals surface area (Å²) in [4.78, 5) is 22.6. The van der Waals surface area contributed by atoms with Gasteiger partial charge in [-0.25, -0.2) is 14.4 Å². The smallest absolute Gasteiger partial charge is 0.223 e. The standard InChI is InChI=1S/C18H21FN4O/c19-15-6-4-14(5-7-15)17(18-21-9-3-10-22-18)20-11-8-16(24)23-12-1-2-13-23/h3-7,9-10,17,20H,1-2,8,11-13H2/t17-/m0/s1. The van der Waals surface area contributed by atoms with Gasteiger partial charge in [-0.1, -0.05) is 12.1 Å². The van der Waals surface area contributed by atoms with Crippen LogP contribution in [-0.2, 0) is 4.79 Å². The van der Waals surface area contributed by atoms with E-state index in [1.165, 1.54) is 12.1 Å². The lowest BCUT2D eigenvalue weighted by Crippen LogP contribution is -2.32.